The van der Waals surface area contributed by atoms with Crippen LogP contribution in [0, 0.1) is 5.92 Å². The lowest BCUT2D eigenvalue weighted by Crippen LogP contribution is -2.56. The molecule has 1 saturated heterocycles. The van der Waals surface area contributed by atoms with Crippen LogP contribution < -0.4 is 25.4 Å². The average Bonchev–Trinajstić information content (AvgIpc) is 3.17. The maximum absolute atomic E-state index is 12.9. The minimum absolute atomic E-state index is 0.192. The molecule has 0 aromatic heterocycles. The molecule has 3 atom stereocenters. The summed E-state index contributed by atoms with van der Waals surface area (Å²) in [5.74, 6) is -1.47. The summed E-state index contributed by atoms with van der Waals surface area (Å²) in [5, 5.41) is 8.43. The second-order valence-electron chi connectivity index (χ2n) is 9.68. The molecule has 1 heterocycles. The quantitative estimate of drug-likeness (QED) is 0.169. The van der Waals surface area contributed by atoms with Gasteiger partial charge in [0.2, 0.25) is 5.91 Å². The van der Waals surface area contributed by atoms with E-state index in [-0.39, 0.29) is 44.5 Å². The number of hydrogen-bond donors (Lipinski definition) is 5. The maximum atomic E-state index is 12.9. The summed E-state index contributed by atoms with van der Waals surface area (Å²) in [6.07, 6.45) is 5.27. The third kappa shape index (κ3) is 9.74. The molecule has 2 aliphatic rings. The predicted molar refractivity (Wildman–Crippen MR) is 130 cm³/mol. The molecule has 2 rings (SSSR count). The van der Waals surface area contributed by atoms with Gasteiger partial charge >= 0.3 is 16.3 Å². The Bertz CT molecular complexity index is 881. The number of nitrogens with one attached hydrogen (secondary N) is 5. The van der Waals surface area contributed by atoms with Crippen LogP contribution in [-0.2, 0) is 29.3 Å². The Morgan fingerprint density at radius 2 is 1.94 bits per heavy atom. The molecule has 13 heteroatoms. The molecule has 200 valence electrons. The number of alkyl carbamates (subject to hydrolysis) is 1. The van der Waals surface area contributed by atoms with E-state index in [0.717, 1.165) is 13.0 Å². The normalized spacial score (nSPS) is 24.2. The van der Waals surface area contributed by atoms with E-state index in [9.17, 15) is 22.8 Å². The van der Waals surface area contributed by atoms with Gasteiger partial charge in [-0.15, -0.1) is 0 Å². The number of carbonyl (C=O) groups is 3. The van der Waals surface area contributed by atoms with Gasteiger partial charge in [0.15, 0.2) is 0 Å². The van der Waals surface area contributed by atoms with Crippen molar-refractivity contribution in [1.29, 1.82) is 0 Å². The molecule has 5 N–H and O–H groups in total. The van der Waals surface area contributed by atoms with E-state index < -0.39 is 39.4 Å². The highest BCUT2D eigenvalue weighted by molar-refractivity contribution is 7.88. The zero-order chi connectivity index (χ0) is 26.1. The van der Waals surface area contributed by atoms with Crippen molar-refractivity contribution in [1.82, 2.24) is 25.4 Å². The van der Waals surface area contributed by atoms with Gasteiger partial charge in [-0.3, -0.25) is 9.59 Å². The van der Waals surface area contributed by atoms with E-state index in [1.165, 1.54) is 0 Å². The lowest BCUT2D eigenvalue weighted by molar-refractivity contribution is -0.130. The third-order valence-corrected chi connectivity index (χ3v) is 6.45. The summed E-state index contributed by atoms with van der Waals surface area (Å²) < 4.78 is 39.2. The zero-order valence-electron chi connectivity index (χ0n) is 20.9. The lowest BCUT2D eigenvalue weighted by Gasteiger charge is -2.21. The van der Waals surface area contributed by atoms with E-state index in [1.54, 1.807) is 39.8 Å². The van der Waals surface area contributed by atoms with Crippen molar-refractivity contribution in [3.05, 3.63) is 12.2 Å². The molecule has 1 aliphatic carbocycles. The van der Waals surface area contributed by atoms with E-state index in [1.807, 2.05) is 4.72 Å². The molecule has 0 aromatic carbocycles. The Morgan fingerprint density at radius 3 is 2.57 bits per heavy atom. The first kappa shape index (κ1) is 29.0. The topological polar surface area (TPSA) is 164 Å². The minimum atomic E-state index is -4.03. The van der Waals surface area contributed by atoms with Crippen LogP contribution in [0.3, 0.4) is 0 Å². The molecule has 0 unspecified atom stereocenters. The van der Waals surface area contributed by atoms with E-state index in [2.05, 4.69) is 20.7 Å². The molecule has 3 amide bonds. The molecule has 1 saturated carbocycles. The first-order valence-corrected chi connectivity index (χ1v) is 13.5. The lowest BCUT2D eigenvalue weighted by atomic mass is 10.1. The highest BCUT2D eigenvalue weighted by Gasteiger charge is 2.61. The van der Waals surface area contributed by atoms with Crippen LogP contribution in [-0.4, -0.2) is 76.4 Å². The molecule has 0 spiro atoms. The summed E-state index contributed by atoms with van der Waals surface area (Å²) in [6.45, 7) is 8.78. The molecule has 0 aromatic rings. The first-order valence-electron chi connectivity index (χ1n) is 12.0. The minimum Gasteiger partial charge on any atom is -0.444 e. The summed E-state index contributed by atoms with van der Waals surface area (Å²) >= 11 is 0. The number of amides is 3. The largest absolute Gasteiger partial charge is 0.444 e. The fraction of sp³-hybridized carbons (Fsp3) is 0.773. The van der Waals surface area contributed by atoms with E-state index in [4.69, 9.17) is 9.47 Å². The maximum Gasteiger partial charge on any atom is 0.407 e. The highest BCUT2D eigenvalue weighted by Crippen LogP contribution is 2.45. The fourth-order valence-corrected chi connectivity index (χ4v) is 4.56. The van der Waals surface area contributed by atoms with Crippen molar-refractivity contribution in [2.45, 2.75) is 70.6 Å². The molecule has 0 bridgehead atoms. The van der Waals surface area contributed by atoms with Crippen LogP contribution in [0.4, 0.5) is 4.79 Å². The summed E-state index contributed by atoms with van der Waals surface area (Å²) in [5.41, 5.74) is -1.91. The van der Waals surface area contributed by atoms with Crippen molar-refractivity contribution >= 4 is 28.1 Å². The smallest absolute Gasteiger partial charge is 0.407 e. The van der Waals surface area contributed by atoms with Gasteiger partial charge in [0.05, 0.1) is 19.3 Å². The van der Waals surface area contributed by atoms with Crippen LogP contribution >= 0.6 is 0 Å². The fourth-order valence-electron chi connectivity index (χ4n) is 3.59. The zero-order valence-corrected chi connectivity index (χ0v) is 21.8. The molecule has 35 heavy (non-hydrogen) atoms. The second-order valence-corrected chi connectivity index (χ2v) is 11.2. The van der Waals surface area contributed by atoms with Crippen molar-refractivity contribution in [3.63, 3.8) is 0 Å². The first-order chi connectivity index (χ1) is 16.4. The van der Waals surface area contributed by atoms with Gasteiger partial charge in [0.25, 0.3) is 5.91 Å². The van der Waals surface area contributed by atoms with Gasteiger partial charge in [-0.25, -0.2) is 9.52 Å². The van der Waals surface area contributed by atoms with Gasteiger partial charge in [-0.1, -0.05) is 19.1 Å². The molecular weight excluding hydrogens is 478 g/mol. The molecule has 12 nitrogen and oxygen atoms in total. The Kier molecular flexibility index (Phi) is 10.5. The highest BCUT2D eigenvalue weighted by atomic mass is 32.2. The summed E-state index contributed by atoms with van der Waals surface area (Å²) in [7, 11) is -4.03. The molecule has 1 aliphatic heterocycles. The third-order valence-electron chi connectivity index (χ3n) is 5.41. The van der Waals surface area contributed by atoms with Gasteiger partial charge in [-0.05, 0) is 53.0 Å². The number of rotatable bonds is 13. The Morgan fingerprint density at radius 1 is 1.20 bits per heavy atom. The van der Waals surface area contributed by atoms with Crippen LogP contribution in [0.25, 0.3) is 0 Å². The van der Waals surface area contributed by atoms with Crippen molar-refractivity contribution < 1.29 is 32.3 Å². The van der Waals surface area contributed by atoms with Gasteiger partial charge in [0.1, 0.15) is 11.1 Å². The number of ether oxygens (including phenoxy) is 2. The van der Waals surface area contributed by atoms with Gasteiger partial charge in [-0.2, -0.15) is 13.1 Å². The van der Waals surface area contributed by atoms with Gasteiger partial charge < -0.3 is 25.4 Å². The Labute approximate surface area is 207 Å². The van der Waals surface area contributed by atoms with Crippen molar-refractivity contribution in [2.24, 2.45) is 5.92 Å². The summed E-state index contributed by atoms with van der Waals surface area (Å²) in [4.78, 5) is 37.2. The SMILES string of the molecule is CCCNS(=O)(=O)NC(=O)[C@@]1(NC(=O)[C@@H]2CCCN2)C[C@H]1/C=C\COCCNC(=O)OC(C)(C)C. The van der Waals surface area contributed by atoms with Crippen molar-refractivity contribution in [2.75, 3.05) is 32.8 Å². The second kappa shape index (κ2) is 12.7. The number of hydrogen-bond acceptors (Lipinski definition) is 8. The molecule has 2 fully saturated rings. The van der Waals surface area contributed by atoms with Crippen LogP contribution in [0.5, 0.6) is 0 Å². The summed E-state index contributed by atoms with van der Waals surface area (Å²) in [6, 6.07) is -0.402. The Hall–Kier alpha value is -2.22. The molecular formula is C22H39N5O7S. The van der Waals surface area contributed by atoms with Gasteiger partial charge in [0, 0.05) is 19.0 Å². The average molecular weight is 518 g/mol. The number of carbonyl (C=O) groups excluding carboxylic acids is 3. The standard InChI is InChI=1S/C22H39N5O7S/c1-5-10-25-35(31,32)27-19(29)22(26-18(28)17-9-6-11-23-17)15-16(22)8-7-13-33-14-12-24-20(30)34-21(2,3)4/h7-8,16-17,23,25H,5-6,9-15H2,1-4H3,(H,24,30)(H,26,28)(H,27,29)/b8-7-/t16-,17+,22-/m1/s1. The molecule has 0 radical (unpaired) electrons. The van der Waals surface area contributed by atoms with Crippen LogP contribution in [0.15, 0.2) is 12.2 Å². The monoisotopic (exact) mass is 517 g/mol. The predicted octanol–water partition coefficient (Wildman–Crippen LogP) is 0.0714. The van der Waals surface area contributed by atoms with E-state index in [0.29, 0.717) is 12.8 Å². The van der Waals surface area contributed by atoms with E-state index >= 15 is 0 Å². The van der Waals surface area contributed by atoms with Crippen molar-refractivity contribution in [3.8, 4) is 0 Å². The van der Waals surface area contributed by atoms with Crippen LogP contribution in [0.1, 0.15) is 53.4 Å². The van der Waals surface area contributed by atoms with Crippen LogP contribution in [0.2, 0.25) is 0 Å². The Balaban J connectivity index is 1.87.